The average molecular weight is 463 g/mol. The third-order valence-corrected chi connectivity index (χ3v) is 5.76. The fourth-order valence-electron chi connectivity index (χ4n) is 2.43. The largest absolute Gasteiger partial charge is 0.319 e. The van der Waals surface area contributed by atoms with Gasteiger partial charge in [-0.1, -0.05) is 39.7 Å². The van der Waals surface area contributed by atoms with E-state index in [0.717, 1.165) is 5.56 Å². The van der Waals surface area contributed by atoms with Crippen molar-refractivity contribution in [2.75, 3.05) is 10.0 Å². The van der Waals surface area contributed by atoms with Crippen molar-refractivity contribution in [2.24, 2.45) is 0 Å². The number of hydrogen-bond donors (Lipinski definition) is 2. The zero-order valence-electron chi connectivity index (χ0n) is 14.7. The van der Waals surface area contributed by atoms with Crippen molar-refractivity contribution < 1.29 is 17.6 Å². The van der Waals surface area contributed by atoms with Gasteiger partial charge in [-0.15, -0.1) is 0 Å². The summed E-state index contributed by atoms with van der Waals surface area (Å²) in [5.41, 5.74) is 1.51. The lowest BCUT2D eigenvalue weighted by atomic mass is 10.2. The number of aryl methyl sites for hydroxylation is 1. The summed E-state index contributed by atoms with van der Waals surface area (Å²) in [4.78, 5) is 12.3. The molecule has 0 aliphatic carbocycles. The van der Waals surface area contributed by atoms with Gasteiger partial charge in [-0.3, -0.25) is 9.52 Å². The van der Waals surface area contributed by atoms with Crippen molar-refractivity contribution in [1.82, 2.24) is 0 Å². The minimum absolute atomic E-state index is 0.000703. The summed E-state index contributed by atoms with van der Waals surface area (Å²) in [5, 5.41) is 2.44. The third kappa shape index (κ3) is 4.76. The zero-order valence-corrected chi connectivity index (χ0v) is 17.1. The van der Waals surface area contributed by atoms with Crippen LogP contribution in [0.2, 0.25) is 0 Å². The molecule has 0 unspecified atom stereocenters. The second-order valence-electron chi connectivity index (χ2n) is 6.08. The smallest absolute Gasteiger partial charge is 0.261 e. The van der Waals surface area contributed by atoms with E-state index in [1.165, 1.54) is 36.4 Å². The van der Waals surface area contributed by atoms with Gasteiger partial charge >= 0.3 is 0 Å². The van der Waals surface area contributed by atoms with Crippen LogP contribution in [-0.2, 0) is 10.0 Å². The Morgan fingerprint density at radius 3 is 2.39 bits per heavy atom. The number of carbonyl (C=O) groups is 1. The average Bonchev–Trinajstić information content (AvgIpc) is 2.66. The molecule has 0 heterocycles. The predicted octanol–water partition coefficient (Wildman–Crippen LogP) is 4.95. The molecule has 0 aliphatic rings. The van der Waals surface area contributed by atoms with Gasteiger partial charge in [-0.05, 0) is 55.5 Å². The number of carbonyl (C=O) groups excluding carboxylic acids is 1. The molecule has 0 saturated heterocycles. The standard InChI is InChI=1S/C20H16BrFN2O3S/c1-13-5-8-16(9-6-13)24-28(26,27)17-4-2-3-14(11-17)20(25)23-19-10-7-15(21)12-18(19)22/h2-12,24H,1H3,(H,23,25). The van der Waals surface area contributed by atoms with Crippen LogP contribution in [0.15, 0.2) is 76.1 Å². The minimum Gasteiger partial charge on any atom is -0.319 e. The van der Waals surface area contributed by atoms with E-state index in [9.17, 15) is 17.6 Å². The van der Waals surface area contributed by atoms with Gasteiger partial charge in [-0.25, -0.2) is 12.8 Å². The van der Waals surface area contributed by atoms with E-state index in [0.29, 0.717) is 10.2 Å². The van der Waals surface area contributed by atoms with E-state index in [4.69, 9.17) is 0 Å². The third-order valence-electron chi connectivity index (χ3n) is 3.89. The van der Waals surface area contributed by atoms with Gasteiger partial charge in [0.25, 0.3) is 15.9 Å². The molecule has 5 nitrogen and oxygen atoms in total. The summed E-state index contributed by atoms with van der Waals surface area (Å²) in [6, 6.07) is 16.6. The number of halogens is 2. The van der Waals surface area contributed by atoms with Crippen LogP contribution in [-0.4, -0.2) is 14.3 Å². The first kappa shape index (κ1) is 20.0. The highest BCUT2D eigenvalue weighted by atomic mass is 79.9. The minimum atomic E-state index is -3.88. The Balaban J connectivity index is 1.82. The van der Waals surface area contributed by atoms with Crippen LogP contribution in [0.3, 0.4) is 0 Å². The summed E-state index contributed by atoms with van der Waals surface area (Å²) >= 11 is 3.14. The highest BCUT2D eigenvalue weighted by molar-refractivity contribution is 9.10. The number of amides is 1. The Hall–Kier alpha value is -2.71. The monoisotopic (exact) mass is 462 g/mol. The van der Waals surface area contributed by atoms with Crippen LogP contribution in [0, 0.1) is 12.7 Å². The first-order chi connectivity index (χ1) is 13.2. The maximum atomic E-state index is 13.9. The van der Waals surface area contributed by atoms with E-state index < -0.39 is 21.7 Å². The van der Waals surface area contributed by atoms with E-state index in [2.05, 4.69) is 26.0 Å². The van der Waals surface area contributed by atoms with Crippen LogP contribution >= 0.6 is 15.9 Å². The molecular formula is C20H16BrFN2O3S. The van der Waals surface area contributed by atoms with Gasteiger partial charge < -0.3 is 5.32 Å². The number of hydrogen-bond acceptors (Lipinski definition) is 3. The quantitative estimate of drug-likeness (QED) is 0.563. The molecule has 0 spiro atoms. The van der Waals surface area contributed by atoms with E-state index in [1.54, 1.807) is 30.3 Å². The van der Waals surface area contributed by atoms with Gasteiger partial charge in [0.15, 0.2) is 0 Å². The molecule has 144 valence electrons. The van der Waals surface area contributed by atoms with Gasteiger partial charge in [0, 0.05) is 15.7 Å². The van der Waals surface area contributed by atoms with Crippen molar-refractivity contribution in [3.8, 4) is 0 Å². The molecule has 2 N–H and O–H groups in total. The number of sulfonamides is 1. The summed E-state index contributed by atoms with van der Waals surface area (Å²) in [5.74, 6) is -1.22. The number of nitrogens with one attached hydrogen (secondary N) is 2. The number of rotatable bonds is 5. The molecule has 0 atom stereocenters. The SMILES string of the molecule is Cc1ccc(NS(=O)(=O)c2cccc(C(=O)Nc3ccc(Br)cc3F)c2)cc1. The van der Waals surface area contributed by atoms with Crippen LogP contribution in [0.25, 0.3) is 0 Å². The molecule has 8 heteroatoms. The maximum absolute atomic E-state index is 13.9. The van der Waals surface area contributed by atoms with Gasteiger partial charge in [-0.2, -0.15) is 0 Å². The topological polar surface area (TPSA) is 75.3 Å². The lowest BCUT2D eigenvalue weighted by Crippen LogP contribution is -2.16. The van der Waals surface area contributed by atoms with Gasteiger partial charge in [0.05, 0.1) is 10.6 Å². The molecule has 0 saturated carbocycles. The number of anilines is 2. The van der Waals surface area contributed by atoms with Crippen molar-refractivity contribution in [1.29, 1.82) is 0 Å². The second kappa shape index (κ2) is 8.12. The summed E-state index contributed by atoms with van der Waals surface area (Å²) in [6.45, 7) is 1.90. The normalized spacial score (nSPS) is 11.1. The van der Waals surface area contributed by atoms with Crippen LogP contribution < -0.4 is 10.0 Å². The van der Waals surface area contributed by atoms with E-state index in [-0.39, 0.29) is 16.1 Å². The van der Waals surface area contributed by atoms with E-state index in [1.807, 2.05) is 6.92 Å². The zero-order chi connectivity index (χ0) is 20.3. The lowest BCUT2D eigenvalue weighted by Gasteiger charge is -2.10. The summed E-state index contributed by atoms with van der Waals surface area (Å²) < 4.78 is 42.1. The van der Waals surface area contributed by atoms with Crippen molar-refractivity contribution in [2.45, 2.75) is 11.8 Å². The molecule has 0 aromatic heterocycles. The van der Waals surface area contributed by atoms with Crippen molar-refractivity contribution in [3.05, 3.63) is 88.1 Å². The molecule has 3 rings (SSSR count). The fourth-order valence-corrected chi connectivity index (χ4v) is 3.86. The first-order valence-electron chi connectivity index (χ1n) is 8.20. The van der Waals surface area contributed by atoms with Gasteiger partial charge in [0.1, 0.15) is 5.82 Å². The summed E-state index contributed by atoms with van der Waals surface area (Å²) in [6.07, 6.45) is 0. The Morgan fingerprint density at radius 2 is 1.71 bits per heavy atom. The molecule has 1 amide bonds. The van der Waals surface area contributed by atoms with E-state index >= 15 is 0 Å². The first-order valence-corrected chi connectivity index (χ1v) is 10.5. The highest BCUT2D eigenvalue weighted by Crippen LogP contribution is 2.21. The van der Waals surface area contributed by atoms with Crippen molar-refractivity contribution >= 4 is 43.2 Å². The van der Waals surface area contributed by atoms with Gasteiger partial charge in [0.2, 0.25) is 0 Å². The lowest BCUT2D eigenvalue weighted by molar-refractivity contribution is 0.102. The second-order valence-corrected chi connectivity index (χ2v) is 8.68. The Morgan fingerprint density at radius 1 is 1.00 bits per heavy atom. The highest BCUT2D eigenvalue weighted by Gasteiger charge is 2.17. The van der Waals surface area contributed by atoms with Crippen molar-refractivity contribution in [3.63, 3.8) is 0 Å². The molecule has 3 aromatic rings. The maximum Gasteiger partial charge on any atom is 0.261 e. The molecule has 0 aliphatic heterocycles. The number of benzene rings is 3. The Kier molecular flexibility index (Phi) is 5.81. The molecule has 28 heavy (non-hydrogen) atoms. The molecule has 0 fully saturated rings. The van der Waals surface area contributed by atoms with Crippen LogP contribution in [0.5, 0.6) is 0 Å². The molecule has 0 bridgehead atoms. The Bertz CT molecular complexity index is 1130. The molecule has 0 radical (unpaired) electrons. The predicted molar refractivity (Wildman–Crippen MR) is 110 cm³/mol. The van der Waals surface area contributed by atoms with Crippen LogP contribution in [0.4, 0.5) is 15.8 Å². The summed E-state index contributed by atoms with van der Waals surface area (Å²) in [7, 11) is -3.88. The fraction of sp³-hybridized carbons (Fsp3) is 0.0500. The molecule has 3 aromatic carbocycles. The molecular weight excluding hydrogens is 447 g/mol. The Labute approximate surface area is 170 Å². The van der Waals surface area contributed by atoms with Crippen LogP contribution in [0.1, 0.15) is 15.9 Å².